The molecule has 120 valence electrons. The molecule has 3 N–H and O–H groups in total. The van der Waals surface area contributed by atoms with Crippen LogP contribution >= 0.6 is 11.8 Å². The Hall–Kier alpha value is -1.57. The number of thioether (sulfide) groups is 1. The molecule has 0 aromatic carbocycles. The van der Waals surface area contributed by atoms with E-state index in [1.807, 2.05) is 23.9 Å². The topological polar surface area (TPSA) is 86.2 Å². The molecular formula is C15H22N4O2S. The van der Waals surface area contributed by atoms with Gasteiger partial charge in [-0.25, -0.2) is 4.98 Å². The van der Waals surface area contributed by atoms with Crippen molar-refractivity contribution in [2.45, 2.75) is 31.1 Å². The first-order chi connectivity index (χ1) is 10.6. The first kappa shape index (κ1) is 16.8. The second-order valence-corrected chi connectivity index (χ2v) is 6.00. The minimum absolute atomic E-state index is 0.0139. The number of aliphatic hydroxyl groups is 1. The van der Waals surface area contributed by atoms with E-state index in [1.54, 1.807) is 24.2 Å². The van der Waals surface area contributed by atoms with Gasteiger partial charge < -0.3 is 20.1 Å². The molecule has 0 unspecified atom stereocenters. The molecule has 22 heavy (non-hydrogen) atoms. The van der Waals surface area contributed by atoms with Crippen LogP contribution in [0.1, 0.15) is 18.2 Å². The van der Waals surface area contributed by atoms with E-state index in [1.165, 1.54) is 0 Å². The fourth-order valence-corrected chi connectivity index (χ4v) is 2.77. The normalized spacial score (nSPS) is 12.4. The summed E-state index contributed by atoms with van der Waals surface area (Å²) < 4.78 is 7.56. The SMILES string of the molecule is CCc1cncc(OC[C@@H](N)CSc2ncc(CO)n2C)c1. The van der Waals surface area contributed by atoms with E-state index < -0.39 is 0 Å². The molecule has 0 radical (unpaired) electrons. The highest BCUT2D eigenvalue weighted by atomic mass is 32.2. The summed E-state index contributed by atoms with van der Waals surface area (Å²) >= 11 is 1.55. The molecule has 0 aliphatic rings. The van der Waals surface area contributed by atoms with E-state index in [4.69, 9.17) is 15.6 Å². The van der Waals surface area contributed by atoms with Gasteiger partial charge in [0.25, 0.3) is 0 Å². The average Bonchev–Trinajstić information content (AvgIpc) is 2.91. The molecule has 1 atom stereocenters. The van der Waals surface area contributed by atoms with Crippen LogP contribution in [0.25, 0.3) is 0 Å². The van der Waals surface area contributed by atoms with E-state index in [0.717, 1.165) is 28.6 Å². The number of hydrogen-bond acceptors (Lipinski definition) is 6. The number of aryl methyl sites for hydroxylation is 1. The molecule has 0 amide bonds. The van der Waals surface area contributed by atoms with Gasteiger partial charge in [-0.05, 0) is 18.1 Å². The van der Waals surface area contributed by atoms with Gasteiger partial charge in [-0.1, -0.05) is 18.7 Å². The maximum atomic E-state index is 9.14. The Morgan fingerprint density at radius 3 is 2.91 bits per heavy atom. The standard InChI is InChI=1S/C15H22N4O2S/c1-3-11-4-14(7-17-5-11)21-9-12(16)10-22-15-18-6-13(8-20)19(15)2/h4-7,12,20H,3,8-10,16H2,1-2H3/t12-/m1/s1. The van der Waals surface area contributed by atoms with Crippen LogP contribution in [0.4, 0.5) is 0 Å². The van der Waals surface area contributed by atoms with Gasteiger partial charge in [0.1, 0.15) is 12.4 Å². The number of nitrogens with two attached hydrogens (primary N) is 1. The summed E-state index contributed by atoms with van der Waals surface area (Å²) in [7, 11) is 1.88. The molecule has 0 fully saturated rings. The van der Waals surface area contributed by atoms with E-state index in [9.17, 15) is 0 Å². The van der Waals surface area contributed by atoms with Gasteiger partial charge in [-0.3, -0.25) is 4.98 Å². The number of hydrogen-bond donors (Lipinski definition) is 2. The maximum absolute atomic E-state index is 9.14. The molecule has 0 aliphatic carbocycles. The number of imidazole rings is 1. The Bertz CT molecular complexity index is 603. The molecule has 2 aromatic rings. The van der Waals surface area contributed by atoms with Crippen molar-refractivity contribution in [3.05, 3.63) is 35.9 Å². The molecule has 2 rings (SSSR count). The number of aliphatic hydroxyl groups excluding tert-OH is 1. The fraction of sp³-hybridized carbons (Fsp3) is 0.467. The third-order valence-corrected chi connectivity index (χ3v) is 4.50. The monoisotopic (exact) mass is 322 g/mol. The van der Waals surface area contributed by atoms with Gasteiger partial charge in [0.05, 0.1) is 24.7 Å². The third-order valence-electron chi connectivity index (χ3n) is 3.27. The molecule has 0 bridgehead atoms. The third kappa shape index (κ3) is 4.46. The summed E-state index contributed by atoms with van der Waals surface area (Å²) in [5, 5.41) is 9.98. The predicted molar refractivity (Wildman–Crippen MR) is 86.9 cm³/mol. The van der Waals surface area contributed by atoms with Crippen LogP contribution in [0.15, 0.2) is 29.8 Å². The van der Waals surface area contributed by atoms with Crippen molar-refractivity contribution in [1.82, 2.24) is 14.5 Å². The highest BCUT2D eigenvalue weighted by Crippen LogP contribution is 2.18. The maximum Gasteiger partial charge on any atom is 0.168 e. The van der Waals surface area contributed by atoms with E-state index in [2.05, 4.69) is 16.9 Å². The summed E-state index contributed by atoms with van der Waals surface area (Å²) in [6.45, 7) is 2.50. The van der Waals surface area contributed by atoms with Crippen molar-refractivity contribution >= 4 is 11.8 Å². The Morgan fingerprint density at radius 1 is 1.41 bits per heavy atom. The van der Waals surface area contributed by atoms with Crippen LogP contribution < -0.4 is 10.5 Å². The lowest BCUT2D eigenvalue weighted by Gasteiger charge is -2.13. The van der Waals surface area contributed by atoms with Gasteiger partial charge in [0, 0.05) is 25.0 Å². The smallest absolute Gasteiger partial charge is 0.168 e. The predicted octanol–water partition coefficient (Wildman–Crippen LogP) is 1.37. The Kier molecular flexibility index (Phi) is 6.23. The number of ether oxygens (including phenoxy) is 1. The van der Waals surface area contributed by atoms with Gasteiger partial charge in [-0.2, -0.15) is 0 Å². The molecule has 0 saturated heterocycles. The van der Waals surface area contributed by atoms with Gasteiger partial charge in [0.2, 0.25) is 0 Å². The summed E-state index contributed by atoms with van der Waals surface area (Å²) in [4.78, 5) is 8.40. The number of rotatable bonds is 8. The zero-order valence-electron chi connectivity index (χ0n) is 12.9. The summed E-state index contributed by atoms with van der Waals surface area (Å²) in [5.74, 6) is 1.44. The van der Waals surface area contributed by atoms with Crippen molar-refractivity contribution < 1.29 is 9.84 Å². The lowest BCUT2D eigenvalue weighted by atomic mass is 10.2. The summed E-state index contributed by atoms with van der Waals surface area (Å²) in [5.41, 5.74) is 8.01. The number of aromatic nitrogens is 3. The molecular weight excluding hydrogens is 300 g/mol. The number of pyridine rings is 1. The van der Waals surface area contributed by atoms with Gasteiger partial charge in [-0.15, -0.1) is 0 Å². The van der Waals surface area contributed by atoms with Crippen LogP contribution in [0.3, 0.4) is 0 Å². The highest BCUT2D eigenvalue weighted by Gasteiger charge is 2.10. The largest absolute Gasteiger partial charge is 0.490 e. The Labute approximate surface area is 134 Å². The van der Waals surface area contributed by atoms with Gasteiger partial charge in [0.15, 0.2) is 5.16 Å². The molecule has 7 heteroatoms. The van der Waals surface area contributed by atoms with Crippen LogP contribution in [-0.2, 0) is 20.1 Å². The first-order valence-electron chi connectivity index (χ1n) is 7.20. The van der Waals surface area contributed by atoms with E-state index in [0.29, 0.717) is 12.4 Å². The zero-order valence-corrected chi connectivity index (χ0v) is 13.7. The Morgan fingerprint density at radius 2 is 2.23 bits per heavy atom. The van der Waals surface area contributed by atoms with Crippen molar-refractivity contribution in [2.75, 3.05) is 12.4 Å². The second-order valence-electron chi connectivity index (χ2n) is 5.01. The average molecular weight is 322 g/mol. The number of nitrogens with zero attached hydrogens (tertiary/aromatic N) is 3. The molecule has 0 aliphatic heterocycles. The van der Waals surface area contributed by atoms with E-state index in [-0.39, 0.29) is 12.6 Å². The highest BCUT2D eigenvalue weighted by molar-refractivity contribution is 7.99. The zero-order chi connectivity index (χ0) is 15.9. The summed E-state index contributed by atoms with van der Waals surface area (Å²) in [6, 6.07) is 1.88. The molecule has 2 heterocycles. The quantitative estimate of drug-likeness (QED) is 0.714. The minimum atomic E-state index is -0.107. The lowest BCUT2D eigenvalue weighted by Crippen LogP contribution is -2.30. The fourth-order valence-electron chi connectivity index (χ4n) is 1.88. The van der Waals surface area contributed by atoms with Crippen LogP contribution in [0.2, 0.25) is 0 Å². The minimum Gasteiger partial charge on any atom is -0.490 e. The Balaban J connectivity index is 1.80. The van der Waals surface area contributed by atoms with Crippen molar-refractivity contribution in [1.29, 1.82) is 0 Å². The molecule has 2 aromatic heterocycles. The van der Waals surface area contributed by atoms with Crippen LogP contribution in [0, 0.1) is 0 Å². The molecule has 0 saturated carbocycles. The molecule has 0 spiro atoms. The van der Waals surface area contributed by atoms with Crippen molar-refractivity contribution in [3.63, 3.8) is 0 Å². The summed E-state index contributed by atoms with van der Waals surface area (Å²) in [6.07, 6.45) is 6.14. The van der Waals surface area contributed by atoms with Crippen molar-refractivity contribution in [3.8, 4) is 5.75 Å². The second kappa shape index (κ2) is 8.17. The lowest BCUT2D eigenvalue weighted by molar-refractivity contribution is 0.271. The van der Waals surface area contributed by atoms with Crippen LogP contribution in [-0.4, -0.2) is 38.0 Å². The van der Waals surface area contributed by atoms with Crippen LogP contribution in [0.5, 0.6) is 5.75 Å². The first-order valence-corrected chi connectivity index (χ1v) is 8.19. The van der Waals surface area contributed by atoms with Gasteiger partial charge >= 0.3 is 0 Å². The van der Waals surface area contributed by atoms with E-state index >= 15 is 0 Å². The van der Waals surface area contributed by atoms with Crippen molar-refractivity contribution in [2.24, 2.45) is 12.8 Å². The molecule has 6 nitrogen and oxygen atoms in total.